The zero-order valence-corrected chi connectivity index (χ0v) is 13.7. The molecule has 0 aliphatic heterocycles. The number of nitrogen functional groups attached to an aromatic ring is 1. The van der Waals surface area contributed by atoms with Crippen LogP contribution in [0.25, 0.3) is 10.2 Å². The van der Waals surface area contributed by atoms with E-state index in [0.29, 0.717) is 0 Å². The summed E-state index contributed by atoms with van der Waals surface area (Å²) < 4.78 is 0.214. The van der Waals surface area contributed by atoms with Crippen molar-refractivity contribution in [3.63, 3.8) is 0 Å². The highest BCUT2D eigenvalue weighted by atomic mass is 32.2. The van der Waals surface area contributed by atoms with Gasteiger partial charge < -0.3 is 5.43 Å². The Hall–Kier alpha value is -0.850. The molecule has 2 aromatic heterocycles. The first kappa shape index (κ1) is 14.1. The van der Waals surface area contributed by atoms with Gasteiger partial charge in [0.2, 0.25) is 0 Å². The summed E-state index contributed by atoms with van der Waals surface area (Å²) in [4.78, 5) is 11.9. The van der Waals surface area contributed by atoms with Crippen molar-refractivity contribution in [1.29, 1.82) is 0 Å². The van der Waals surface area contributed by atoms with E-state index in [4.69, 9.17) is 10.8 Å². The Balaban J connectivity index is 2.00. The van der Waals surface area contributed by atoms with Gasteiger partial charge in [-0.15, -0.1) is 23.1 Å². The van der Waals surface area contributed by atoms with Crippen molar-refractivity contribution in [3.8, 4) is 0 Å². The predicted molar refractivity (Wildman–Crippen MR) is 88.3 cm³/mol. The number of aryl methyl sites for hydroxylation is 2. The zero-order chi connectivity index (χ0) is 14.3. The van der Waals surface area contributed by atoms with Gasteiger partial charge in [-0.3, -0.25) is 0 Å². The molecular formula is C14H20N4S2. The summed E-state index contributed by atoms with van der Waals surface area (Å²) in [6.45, 7) is 6.62. The predicted octanol–water partition coefficient (Wildman–Crippen LogP) is 3.50. The number of nitrogens with one attached hydrogen (secondary N) is 1. The highest BCUT2D eigenvalue weighted by Crippen LogP contribution is 2.39. The maximum atomic E-state index is 5.68. The summed E-state index contributed by atoms with van der Waals surface area (Å²) in [5, 5.41) is 1.15. The maximum Gasteiger partial charge on any atom is 0.152 e. The van der Waals surface area contributed by atoms with Gasteiger partial charge in [0.05, 0.1) is 11.1 Å². The van der Waals surface area contributed by atoms with Crippen LogP contribution in [0.2, 0.25) is 0 Å². The van der Waals surface area contributed by atoms with Crippen molar-refractivity contribution in [3.05, 3.63) is 16.3 Å². The second-order valence-corrected chi connectivity index (χ2v) is 8.96. The zero-order valence-electron chi connectivity index (χ0n) is 12.1. The lowest BCUT2D eigenvalue weighted by Gasteiger charge is -2.17. The van der Waals surface area contributed by atoms with E-state index in [9.17, 15) is 0 Å². The van der Waals surface area contributed by atoms with Crippen LogP contribution in [0.4, 0.5) is 5.82 Å². The van der Waals surface area contributed by atoms with Gasteiger partial charge in [-0.05, 0) is 24.8 Å². The number of rotatable bonds is 3. The number of hydrogen-bond acceptors (Lipinski definition) is 6. The Morgan fingerprint density at radius 2 is 2.10 bits per heavy atom. The molecule has 0 saturated heterocycles. The van der Waals surface area contributed by atoms with Crippen LogP contribution in [0.5, 0.6) is 0 Å². The van der Waals surface area contributed by atoms with E-state index in [1.807, 2.05) is 23.1 Å². The van der Waals surface area contributed by atoms with Crippen molar-refractivity contribution in [1.82, 2.24) is 9.97 Å². The standard InChI is InChI=1S/C14H20N4S2/c1-14(2,3)19-7-10-16-12(18-15)11-8-5-4-6-9(8)20-13(11)17-10/h4-7,15H2,1-3H3,(H,16,17,18). The Bertz CT molecular complexity index is 643. The highest BCUT2D eigenvalue weighted by Gasteiger charge is 2.22. The molecule has 108 valence electrons. The molecule has 0 amide bonds. The van der Waals surface area contributed by atoms with Crippen LogP contribution in [-0.2, 0) is 18.6 Å². The highest BCUT2D eigenvalue weighted by molar-refractivity contribution is 7.99. The molecule has 0 fully saturated rings. The van der Waals surface area contributed by atoms with Crippen LogP contribution in [0.3, 0.4) is 0 Å². The third kappa shape index (κ3) is 2.64. The second kappa shape index (κ2) is 5.16. The minimum Gasteiger partial charge on any atom is -0.308 e. The minimum absolute atomic E-state index is 0.214. The monoisotopic (exact) mass is 308 g/mol. The molecule has 4 nitrogen and oxygen atoms in total. The average molecular weight is 308 g/mol. The summed E-state index contributed by atoms with van der Waals surface area (Å²) in [6.07, 6.45) is 3.54. The van der Waals surface area contributed by atoms with Crippen molar-refractivity contribution in [2.75, 3.05) is 5.43 Å². The minimum atomic E-state index is 0.214. The fourth-order valence-electron chi connectivity index (χ4n) is 2.49. The normalized spacial score (nSPS) is 14.8. The van der Waals surface area contributed by atoms with E-state index >= 15 is 0 Å². The molecule has 0 spiro atoms. The second-order valence-electron chi connectivity index (χ2n) is 6.07. The molecule has 3 rings (SSSR count). The Kier molecular flexibility index (Phi) is 3.64. The first-order chi connectivity index (χ1) is 9.48. The lowest BCUT2D eigenvalue weighted by molar-refractivity contribution is 0.800. The Morgan fingerprint density at radius 3 is 2.80 bits per heavy atom. The van der Waals surface area contributed by atoms with Gasteiger partial charge in [0.15, 0.2) is 5.82 Å². The van der Waals surface area contributed by atoms with Crippen LogP contribution >= 0.6 is 23.1 Å². The number of hydrazine groups is 1. The maximum absolute atomic E-state index is 5.68. The number of anilines is 1. The number of thioether (sulfide) groups is 1. The number of nitrogens with zero attached hydrogens (tertiary/aromatic N) is 2. The largest absolute Gasteiger partial charge is 0.308 e. The van der Waals surface area contributed by atoms with Crippen LogP contribution in [0.1, 0.15) is 43.5 Å². The summed E-state index contributed by atoms with van der Waals surface area (Å²) >= 11 is 3.66. The first-order valence-corrected chi connectivity index (χ1v) is 8.70. The molecule has 0 unspecified atom stereocenters. The number of aromatic nitrogens is 2. The molecule has 2 aromatic rings. The summed E-state index contributed by atoms with van der Waals surface area (Å²) in [6, 6.07) is 0. The number of hydrogen-bond donors (Lipinski definition) is 2. The van der Waals surface area contributed by atoms with Crippen molar-refractivity contribution >= 4 is 39.1 Å². The lowest BCUT2D eigenvalue weighted by atomic mass is 10.2. The van der Waals surface area contributed by atoms with Crippen LogP contribution in [0.15, 0.2) is 0 Å². The van der Waals surface area contributed by atoms with Crippen LogP contribution < -0.4 is 11.3 Å². The molecule has 1 aliphatic carbocycles. The van der Waals surface area contributed by atoms with Gasteiger partial charge in [0.1, 0.15) is 10.7 Å². The number of nitrogens with two attached hydrogens (primary N) is 1. The van der Waals surface area contributed by atoms with Gasteiger partial charge in [-0.25, -0.2) is 15.8 Å². The van der Waals surface area contributed by atoms with Gasteiger partial charge in [-0.2, -0.15) is 0 Å². The van der Waals surface area contributed by atoms with Crippen molar-refractivity contribution in [2.24, 2.45) is 5.84 Å². The summed E-state index contributed by atoms with van der Waals surface area (Å²) in [5.74, 6) is 8.15. The smallest absolute Gasteiger partial charge is 0.152 e. The SMILES string of the molecule is CC(C)(C)SCc1nc(NN)c2c3c(sc2n1)CCC3. The van der Waals surface area contributed by atoms with Gasteiger partial charge in [-0.1, -0.05) is 20.8 Å². The van der Waals surface area contributed by atoms with E-state index in [0.717, 1.165) is 34.0 Å². The number of fused-ring (bicyclic) bond motifs is 3. The molecule has 1 aliphatic rings. The quantitative estimate of drug-likeness (QED) is 0.671. The van der Waals surface area contributed by atoms with Gasteiger partial charge in [0, 0.05) is 9.62 Å². The first-order valence-electron chi connectivity index (χ1n) is 6.89. The van der Waals surface area contributed by atoms with Gasteiger partial charge in [0.25, 0.3) is 0 Å². The van der Waals surface area contributed by atoms with Crippen molar-refractivity contribution in [2.45, 2.75) is 50.5 Å². The molecule has 6 heteroatoms. The molecule has 0 radical (unpaired) electrons. The van der Waals surface area contributed by atoms with E-state index < -0.39 is 0 Å². The molecule has 0 saturated carbocycles. The summed E-state index contributed by atoms with van der Waals surface area (Å²) in [5.41, 5.74) is 4.18. The van der Waals surface area contributed by atoms with E-state index in [1.54, 1.807) is 0 Å². The topological polar surface area (TPSA) is 63.8 Å². The van der Waals surface area contributed by atoms with Gasteiger partial charge >= 0.3 is 0 Å². The summed E-state index contributed by atoms with van der Waals surface area (Å²) in [7, 11) is 0. The Labute approximate surface area is 127 Å². The van der Waals surface area contributed by atoms with E-state index in [1.165, 1.54) is 23.3 Å². The van der Waals surface area contributed by atoms with E-state index in [2.05, 4.69) is 31.2 Å². The molecule has 0 atom stereocenters. The van der Waals surface area contributed by atoms with E-state index in [-0.39, 0.29) is 4.75 Å². The third-order valence-electron chi connectivity index (χ3n) is 3.38. The third-order valence-corrected chi connectivity index (χ3v) is 5.84. The number of thiophene rings is 1. The fraction of sp³-hybridized carbons (Fsp3) is 0.571. The Morgan fingerprint density at radius 1 is 1.30 bits per heavy atom. The molecule has 0 aromatic carbocycles. The van der Waals surface area contributed by atoms with Crippen LogP contribution in [0, 0.1) is 0 Å². The molecular weight excluding hydrogens is 288 g/mol. The van der Waals surface area contributed by atoms with Crippen LogP contribution in [-0.4, -0.2) is 14.7 Å². The average Bonchev–Trinajstić information content (AvgIpc) is 2.94. The molecule has 2 heterocycles. The van der Waals surface area contributed by atoms with Crippen molar-refractivity contribution < 1.29 is 0 Å². The lowest BCUT2D eigenvalue weighted by Crippen LogP contribution is -2.12. The molecule has 20 heavy (non-hydrogen) atoms. The molecule has 0 bridgehead atoms. The molecule has 3 N–H and O–H groups in total. The fourth-order valence-corrected chi connectivity index (χ4v) is 4.46.